The van der Waals surface area contributed by atoms with Gasteiger partial charge in [-0.1, -0.05) is 0 Å². The van der Waals surface area contributed by atoms with E-state index in [1.54, 1.807) is 6.07 Å². The summed E-state index contributed by atoms with van der Waals surface area (Å²) in [7, 11) is 2.85. The molecule has 1 amide bonds. The van der Waals surface area contributed by atoms with Gasteiger partial charge in [-0.2, -0.15) is 0 Å². The number of hydrogen-bond donors (Lipinski definition) is 3. The van der Waals surface area contributed by atoms with Gasteiger partial charge < -0.3 is 20.7 Å². The van der Waals surface area contributed by atoms with Crippen LogP contribution in [0.5, 0.6) is 0 Å². The van der Waals surface area contributed by atoms with Crippen LogP contribution >= 0.6 is 0 Å². The molecule has 5 N–H and O–H groups in total. The molecular weight excluding hydrogens is 412 g/mol. The first kappa shape index (κ1) is 25.0. The van der Waals surface area contributed by atoms with Gasteiger partial charge in [-0.3, -0.25) is 4.79 Å². The number of fused-ring (bicyclic) bond motifs is 1. The van der Waals surface area contributed by atoms with Crippen LogP contribution in [0.4, 0.5) is 5.69 Å². The zero-order chi connectivity index (χ0) is 22.0. The highest BCUT2D eigenvalue weighted by molar-refractivity contribution is 7.83. The van der Waals surface area contributed by atoms with Crippen LogP contribution in [0.1, 0.15) is 48.3 Å². The van der Waals surface area contributed by atoms with Gasteiger partial charge in [-0.05, 0) is 96.6 Å². The molecule has 2 heterocycles. The van der Waals surface area contributed by atoms with Crippen molar-refractivity contribution in [2.24, 2.45) is 0 Å². The molecule has 0 bridgehead atoms. The van der Waals surface area contributed by atoms with Crippen LogP contribution in [-0.4, -0.2) is 52.2 Å². The number of benzene rings is 1. The summed E-state index contributed by atoms with van der Waals surface area (Å²) in [6, 6.07) is 5.56. The number of nitrogens with zero attached hydrogens (tertiary/aromatic N) is 1. The van der Waals surface area contributed by atoms with E-state index in [9.17, 15) is 9.00 Å². The monoisotopic (exact) mass is 446 g/mol. The lowest BCUT2D eigenvalue weighted by Crippen LogP contribution is -2.25. The quantitative estimate of drug-likeness (QED) is 0.543. The van der Waals surface area contributed by atoms with Gasteiger partial charge in [0.05, 0.1) is 10.5 Å². The van der Waals surface area contributed by atoms with Crippen molar-refractivity contribution in [3.63, 3.8) is 0 Å². The first-order valence-electron chi connectivity index (χ1n) is 10.4. The molecule has 1 aliphatic rings. The largest absolute Gasteiger partial charge is 0.412 e. The van der Waals surface area contributed by atoms with Crippen molar-refractivity contribution >= 4 is 34.2 Å². The summed E-state index contributed by atoms with van der Waals surface area (Å²) >= 11 is 0. The van der Waals surface area contributed by atoms with Crippen molar-refractivity contribution in [1.82, 2.24) is 14.6 Å². The van der Waals surface area contributed by atoms with Gasteiger partial charge in [-0.15, -0.1) is 0 Å². The fourth-order valence-corrected chi connectivity index (χ4v) is 4.74. The van der Waals surface area contributed by atoms with E-state index in [0.29, 0.717) is 10.5 Å². The molecule has 1 atom stereocenters. The third-order valence-corrected chi connectivity index (χ3v) is 6.65. The van der Waals surface area contributed by atoms with E-state index in [0.717, 1.165) is 42.0 Å². The van der Waals surface area contributed by atoms with Crippen LogP contribution in [0.3, 0.4) is 0 Å². The van der Waals surface area contributed by atoms with Crippen LogP contribution in [0.2, 0.25) is 0 Å². The van der Waals surface area contributed by atoms with E-state index in [4.69, 9.17) is 0 Å². The van der Waals surface area contributed by atoms with E-state index in [2.05, 4.69) is 47.9 Å². The summed E-state index contributed by atoms with van der Waals surface area (Å²) < 4.78 is 15.5. The summed E-state index contributed by atoms with van der Waals surface area (Å²) in [5.41, 5.74) is 6.74. The Morgan fingerprint density at radius 1 is 1.23 bits per heavy atom. The van der Waals surface area contributed by atoms with Gasteiger partial charge in [0.25, 0.3) is 5.91 Å². The third kappa shape index (κ3) is 5.71. The molecule has 170 valence electrons. The van der Waals surface area contributed by atoms with Crippen LogP contribution in [0, 0.1) is 13.8 Å². The molecule has 8 heteroatoms. The molecule has 1 aromatic heterocycles. The second kappa shape index (κ2) is 10.4. The number of H-pyrrole nitrogens is 1. The van der Waals surface area contributed by atoms with E-state index in [1.165, 1.54) is 11.1 Å². The molecule has 1 aliphatic heterocycles. The standard InChI is InChI=1S/C23H32N4O2S.H2O/c1-14(2)26-30(29)17-9-10-21-19(12-17)20(23(28)25-21)13-22-15(3)18(16(4)24-22)8-7-11-27(5)6;/h9-10,12-14,24,26H,7-8,11H2,1-6H3,(H,25,28);1H2/b20-13-;. The van der Waals surface area contributed by atoms with E-state index < -0.39 is 11.0 Å². The number of aryl methyl sites for hydroxylation is 1. The smallest absolute Gasteiger partial charge is 0.256 e. The fourth-order valence-electron chi connectivity index (χ4n) is 3.76. The van der Waals surface area contributed by atoms with Crippen molar-refractivity contribution in [3.05, 3.63) is 46.3 Å². The lowest BCUT2D eigenvalue weighted by Gasteiger charge is -2.09. The Morgan fingerprint density at radius 3 is 2.58 bits per heavy atom. The molecule has 7 nitrogen and oxygen atoms in total. The number of amides is 1. The Hall–Kier alpha value is -2.26. The van der Waals surface area contributed by atoms with E-state index >= 15 is 0 Å². The minimum Gasteiger partial charge on any atom is -0.412 e. The molecular formula is C23H34N4O3S. The maximum atomic E-state index is 12.7. The molecule has 2 aromatic rings. The summed E-state index contributed by atoms with van der Waals surface area (Å²) in [5.74, 6) is -0.134. The van der Waals surface area contributed by atoms with Crippen molar-refractivity contribution < 1.29 is 14.5 Å². The Bertz CT molecular complexity index is 1010. The fraction of sp³-hybridized carbons (Fsp3) is 0.435. The Kier molecular flexibility index (Phi) is 8.36. The van der Waals surface area contributed by atoms with Gasteiger partial charge in [0, 0.05) is 28.7 Å². The lowest BCUT2D eigenvalue weighted by atomic mass is 10.0. The molecule has 3 rings (SSSR count). The average Bonchev–Trinajstić information content (AvgIpc) is 3.11. The number of hydrogen-bond acceptors (Lipinski definition) is 3. The molecule has 0 saturated carbocycles. The lowest BCUT2D eigenvalue weighted by molar-refractivity contribution is -0.110. The van der Waals surface area contributed by atoms with Crippen molar-refractivity contribution in [1.29, 1.82) is 0 Å². The van der Waals surface area contributed by atoms with Gasteiger partial charge in [0.15, 0.2) is 0 Å². The second-order valence-corrected chi connectivity index (χ2v) is 9.68. The highest BCUT2D eigenvalue weighted by Crippen LogP contribution is 2.35. The first-order chi connectivity index (χ1) is 14.2. The predicted octanol–water partition coefficient (Wildman–Crippen LogP) is 2.81. The zero-order valence-corrected chi connectivity index (χ0v) is 20.0. The molecule has 0 radical (unpaired) electrons. The van der Waals surface area contributed by atoms with Gasteiger partial charge in [0.1, 0.15) is 11.0 Å². The average molecular weight is 447 g/mol. The van der Waals surface area contributed by atoms with Gasteiger partial charge in [0.2, 0.25) is 0 Å². The molecule has 0 saturated heterocycles. The van der Waals surface area contributed by atoms with Gasteiger partial charge >= 0.3 is 0 Å². The van der Waals surface area contributed by atoms with Crippen LogP contribution in [0.25, 0.3) is 11.6 Å². The van der Waals surface area contributed by atoms with Crippen molar-refractivity contribution in [3.8, 4) is 0 Å². The number of aromatic nitrogens is 1. The third-order valence-electron chi connectivity index (χ3n) is 5.28. The summed E-state index contributed by atoms with van der Waals surface area (Å²) in [4.78, 5) is 19.0. The predicted molar refractivity (Wildman–Crippen MR) is 128 cm³/mol. The topological polar surface area (TPSA) is 109 Å². The van der Waals surface area contributed by atoms with Crippen LogP contribution < -0.4 is 10.0 Å². The van der Waals surface area contributed by atoms with Crippen molar-refractivity contribution in [2.75, 3.05) is 26.0 Å². The molecule has 1 unspecified atom stereocenters. The number of nitrogens with one attached hydrogen (secondary N) is 3. The molecule has 0 fully saturated rings. The summed E-state index contributed by atoms with van der Waals surface area (Å²) in [5, 5.41) is 2.92. The molecule has 0 aliphatic carbocycles. The highest BCUT2D eigenvalue weighted by atomic mass is 32.2. The maximum Gasteiger partial charge on any atom is 0.256 e. The van der Waals surface area contributed by atoms with E-state index in [1.807, 2.05) is 32.1 Å². The maximum absolute atomic E-state index is 12.7. The Morgan fingerprint density at radius 2 is 1.94 bits per heavy atom. The summed E-state index contributed by atoms with van der Waals surface area (Å²) in [6.07, 6.45) is 4.01. The minimum atomic E-state index is -1.32. The highest BCUT2D eigenvalue weighted by Gasteiger charge is 2.26. The molecule has 1 aromatic carbocycles. The normalized spacial score (nSPS) is 15.4. The van der Waals surface area contributed by atoms with E-state index in [-0.39, 0.29) is 17.4 Å². The molecule has 0 spiro atoms. The number of rotatable bonds is 8. The number of anilines is 1. The van der Waals surface area contributed by atoms with Crippen LogP contribution in [-0.2, 0) is 22.2 Å². The summed E-state index contributed by atoms with van der Waals surface area (Å²) in [6.45, 7) is 9.14. The second-order valence-electron chi connectivity index (χ2n) is 8.43. The molecule has 31 heavy (non-hydrogen) atoms. The first-order valence-corrected chi connectivity index (χ1v) is 11.5. The number of carbonyl (C=O) groups excluding carboxylic acids is 1. The minimum absolute atomic E-state index is 0. The van der Waals surface area contributed by atoms with Gasteiger partial charge in [-0.25, -0.2) is 8.93 Å². The zero-order valence-electron chi connectivity index (χ0n) is 19.2. The Labute approximate surface area is 187 Å². The SMILES string of the molecule is Cc1[nH]c(/C=C2\C(=O)Nc3ccc(S(=O)NC(C)C)cc32)c(C)c1CCCN(C)C.O. The Balaban J connectivity index is 0.00000341. The number of carbonyl (C=O) groups is 1. The van der Waals surface area contributed by atoms with Crippen molar-refractivity contribution in [2.45, 2.75) is 51.5 Å². The number of aromatic amines is 1. The van der Waals surface area contributed by atoms with Crippen LogP contribution in [0.15, 0.2) is 23.1 Å².